The molecule has 1 aromatic heterocycles. The quantitative estimate of drug-likeness (QED) is 0.731. The lowest BCUT2D eigenvalue weighted by molar-refractivity contribution is -0.135. The van der Waals surface area contributed by atoms with E-state index in [9.17, 15) is 9.59 Å². The molecule has 2 amide bonds. The van der Waals surface area contributed by atoms with Crippen molar-refractivity contribution in [3.63, 3.8) is 0 Å². The fourth-order valence-corrected chi connectivity index (χ4v) is 5.43. The van der Waals surface area contributed by atoms with E-state index in [1.54, 1.807) is 0 Å². The summed E-state index contributed by atoms with van der Waals surface area (Å²) in [6.07, 6.45) is 3.12. The molecule has 0 spiro atoms. The molecule has 0 bridgehead atoms. The van der Waals surface area contributed by atoms with Crippen molar-refractivity contribution >= 4 is 33.2 Å². The molecule has 3 heterocycles. The SMILES string of the molecule is O=C(NCCO)c1sc2ccccc2c1C1CN(CC(=O)N2CCCCC2)CCO1. The first kappa shape index (κ1) is 21.2. The van der Waals surface area contributed by atoms with Crippen molar-refractivity contribution in [1.29, 1.82) is 0 Å². The van der Waals surface area contributed by atoms with Crippen molar-refractivity contribution in [2.24, 2.45) is 0 Å². The molecule has 2 fully saturated rings. The summed E-state index contributed by atoms with van der Waals surface area (Å²) in [5.41, 5.74) is 0.890. The number of fused-ring (bicyclic) bond motifs is 1. The number of rotatable bonds is 6. The zero-order valence-corrected chi connectivity index (χ0v) is 18.0. The second-order valence-electron chi connectivity index (χ2n) is 7.86. The van der Waals surface area contributed by atoms with E-state index >= 15 is 0 Å². The van der Waals surface area contributed by atoms with Gasteiger partial charge in [0.2, 0.25) is 5.91 Å². The highest BCUT2D eigenvalue weighted by Gasteiger charge is 2.31. The Bertz CT molecular complexity index is 894. The first-order valence-corrected chi connectivity index (χ1v) is 11.5. The lowest BCUT2D eigenvalue weighted by Gasteiger charge is -2.35. The molecule has 8 heteroatoms. The average molecular weight is 432 g/mol. The molecule has 1 atom stereocenters. The molecule has 30 heavy (non-hydrogen) atoms. The van der Waals surface area contributed by atoms with Crippen LogP contribution >= 0.6 is 11.3 Å². The number of nitrogens with one attached hydrogen (secondary N) is 1. The maximum absolute atomic E-state index is 12.8. The number of aliphatic hydroxyl groups excluding tert-OH is 1. The number of aliphatic hydroxyl groups is 1. The van der Waals surface area contributed by atoms with Crippen LogP contribution < -0.4 is 5.32 Å². The van der Waals surface area contributed by atoms with Crippen molar-refractivity contribution in [3.05, 3.63) is 34.7 Å². The summed E-state index contributed by atoms with van der Waals surface area (Å²) in [6, 6.07) is 7.95. The van der Waals surface area contributed by atoms with Crippen molar-refractivity contribution in [3.8, 4) is 0 Å². The Labute approximate surface area is 180 Å². The number of morpholine rings is 1. The fraction of sp³-hybridized carbons (Fsp3) is 0.545. The van der Waals surface area contributed by atoms with E-state index in [0.717, 1.165) is 41.6 Å². The van der Waals surface area contributed by atoms with E-state index in [2.05, 4.69) is 10.2 Å². The molecular weight excluding hydrogens is 402 g/mol. The summed E-state index contributed by atoms with van der Waals surface area (Å²) in [7, 11) is 0. The number of amides is 2. The van der Waals surface area contributed by atoms with Crippen LogP contribution in [0, 0.1) is 0 Å². The number of carbonyl (C=O) groups is 2. The lowest BCUT2D eigenvalue weighted by Crippen LogP contribution is -2.47. The first-order chi connectivity index (χ1) is 14.7. The molecule has 2 N–H and O–H groups in total. The summed E-state index contributed by atoms with van der Waals surface area (Å²) >= 11 is 1.45. The second kappa shape index (κ2) is 9.87. The molecule has 2 aliphatic heterocycles. The van der Waals surface area contributed by atoms with Crippen LogP contribution in [0.5, 0.6) is 0 Å². The molecule has 7 nitrogen and oxygen atoms in total. The molecule has 2 saturated heterocycles. The van der Waals surface area contributed by atoms with Crippen molar-refractivity contribution in [2.45, 2.75) is 25.4 Å². The summed E-state index contributed by atoms with van der Waals surface area (Å²) in [4.78, 5) is 30.2. The van der Waals surface area contributed by atoms with Gasteiger partial charge in [-0.1, -0.05) is 18.2 Å². The predicted molar refractivity (Wildman–Crippen MR) is 117 cm³/mol. The Morgan fingerprint density at radius 1 is 1.17 bits per heavy atom. The first-order valence-electron chi connectivity index (χ1n) is 10.7. The summed E-state index contributed by atoms with van der Waals surface area (Å²) in [5.74, 6) is -0.00296. The van der Waals surface area contributed by atoms with Crippen molar-refractivity contribution in [1.82, 2.24) is 15.1 Å². The number of benzene rings is 1. The number of piperidine rings is 1. The third-order valence-electron chi connectivity index (χ3n) is 5.78. The van der Waals surface area contributed by atoms with Crippen LogP contribution in [0.2, 0.25) is 0 Å². The molecule has 0 aliphatic carbocycles. The molecule has 1 aromatic carbocycles. The Hall–Kier alpha value is -2.00. The standard InChI is InChI=1S/C22H29N3O4S/c26-12-8-23-22(28)21-20(16-6-2-3-7-18(16)30-21)17-14-24(11-13-29-17)15-19(27)25-9-4-1-5-10-25/h2-3,6-7,17,26H,1,4-5,8-15H2,(H,23,28). The van der Waals surface area contributed by atoms with Gasteiger partial charge < -0.3 is 20.1 Å². The Morgan fingerprint density at radius 3 is 2.77 bits per heavy atom. The number of thiophene rings is 1. The molecular formula is C22H29N3O4S. The molecule has 2 aromatic rings. The van der Waals surface area contributed by atoms with E-state index < -0.39 is 0 Å². The zero-order chi connectivity index (χ0) is 20.9. The highest BCUT2D eigenvalue weighted by Crippen LogP contribution is 2.38. The molecule has 162 valence electrons. The van der Waals surface area contributed by atoms with Crippen LogP contribution in [0.4, 0.5) is 0 Å². The number of nitrogens with zero attached hydrogens (tertiary/aromatic N) is 2. The summed E-state index contributed by atoms with van der Waals surface area (Å²) < 4.78 is 7.13. The molecule has 0 radical (unpaired) electrons. The Balaban J connectivity index is 1.53. The van der Waals surface area contributed by atoms with Gasteiger partial charge in [0, 0.05) is 43.0 Å². The normalized spacial score (nSPS) is 20.4. The third kappa shape index (κ3) is 4.67. The smallest absolute Gasteiger partial charge is 0.261 e. The van der Waals surface area contributed by atoms with Gasteiger partial charge in [-0.05, 0) is 30.7 Å². The van der Waals surface area contributed by atoms with Crippen LogP contribution in [0.3, 0.4) is 0 Å². The topological polar surface area (TPSA) is 82.1 Å². The molecule has 0 saturated carbocycles. The zero-order valence-electron chi connectivity index (χ0n) is 17.1. The van der Waals surface area contributed by atoms with Gasteiger partial charge in [0.1, 0.15) is 0 Å². The minimum Gasteiger partial charge on any atom is -0.395 e. The predicted octanol–water partition coefficient (Wildman–Crippen LogP) is 2.01. The highest BCUT2D eigenvalue weighted by atomic mass is 32.1. The van der Waals surface area contributed by atoms with E-state index in [4.69, 9.17) is 9.84 Å². The number of hydrogen-bond donors (Lipinski definition) is 2. The number of ether oxygens (including phenoxy) is 1. The van der Waals surface area contributed by atoms with Crippen LogP contribution in [0.15, 0.2) is 24.3 Å². The third-order valence-corrected chi connectivity index (χ3v) is 6.96. The lowest BCUT2D eigenvalue weighted by atomic mass is 10.0. The van der Waals surface area contributed by atoms with Gasteiger partial charge in [-0.2, -0.15) is 0 Å². The maximum atomic E-state index is 12.8. The largest absolute Gasteiger partial charge is 0.395 e. The Kier molecular flexibility index (Phi) is 6.99. The van der Waals surface area contributed by atoms with E-state index in [1.165, 1.54) is 17.8 Å². The summed E-state index contributed by atoms with van der Waals surface area (Å²) in [6.45, 7) is 4.05. The van der Waals surface area contributed by atoms with Crippen LogP contribution in [-0.2, 0) is 9.53 Å². The number of likely N-dealkylation sites (tertiary alicyclic amines) is 1. The minimum atomic E-state index is -0.265. The maximum Gasteiger partial charge on any atom is 0.261 e. The Morgan fingerprint density at radius 2 is 1.97 bits per heavy atom. The van der Waals surface area contributed by atoms with Gasteiger partial charge in [0.05, 0.1) is 30.7 Å². The molecule has 1 unspecified atom stereocenters. The van der Waals surface area contributed by atoms with E-state index in [0.29, 0.717) is 31.1 Å². The molecule has 2 aliphatic rings. The monoisotopic (exact) mass is 431 g/mol. The van der Waals surface area contributed by atoms with Crippen LogP contribution in [0.25, 0.3) is 10.1 Å². The summed E-state index contributed by atoms with van der Waals surface area (Å²) in [5, 5.41) is 12.9. The van der Waals surface area contributed by atoms with Gasteiger partial charge in [0.25, 0.3) is 5.91 Å². The van der Waals surface area contributed by atoms with Gasteiger partial charge in [-0.15, -0.1) is 11.3 Å². The van der Waals surface area contributed by atoms with Crippen molar-refractivity contribution < 1.29 is 19.4 Å². The fourth-order valence-electron chi connectivity index (χ4n) is 4.26. The van der Waals surface area contributed by atoms with Crippen LogP contribution in [0.1, 0.15) is 40.6 Å². The number of hydrogen-bond acceptors (Lipinski definition) is 6. The van der Waals surface area contributed by atoms with E-state index in [-0.39, 0.29) is 31.1 Å². The van der Waals surface area contributed by atoms with Crippen LogP contribution in [-0.4, -0.2) is 79.2 Å². The number of carbonyl (C=O) groups excluding carboxylic acids is 2. The molecule has 4 rings (SSSR count). The van der Waals surface area contributed by atoms with Gasteiger partial charge in [0.15, 0.2) is 0 Å². The van der Waals surface area contributed by atoms with Gasteiger partial charge in [-0.25, -0.2) is 0 Å². The average Bonchev–Trinajstić information content (AvgIpc) is 3.18. The minimum absolute atomic E-state index is 0.0989. The highest BCUT2D eigenvalue weighted by molar-refractivity contribution is 7.21. The van der Waals surface area contributed by atoms with Gasteiger partial charge >= 0.3 is 0 Å². The van der Waals surface area contributed by atoms with Crippen molar-refractivity contribution in [2.75, 3.05) is 52.5 Å². The second-order valence-corrected chi connectivity index (χ2v) is 8.91. The van der Waals surface area contributed by atoms with E-state index in [1.807, 2.05) is 29.2 Å². The van der Waals surface area contributed by atoms with Gasteiger partial charge in [-0.3, -0.25) is 14.5 Å².